The second kappa shape index (κ2) is 8.47. The number of anilines is 1. The van der Waals surface area contributed by atoms with Crippen LogP contribution in [0.3, 0.4) is 0 Å². The molecule has 3 heterocycles. The first-order valence-corrected chi connectivity index (χ1v) is 11.0. The van der Waals surface area contributed by atoms with E-state index < -0.39 is 0 Å². The number of amides is 1. The predicted molar refractivity (Wildman–Crippen MR) is 134 cm³/mol. The van der Waals surface area contributed by atoms with Crippen molar-refractivity contribution in [1.29, 1.82) is 0 Å². The van der Waals surface area contributed by atoms with Crippen molar-refractivity contribution in [3.63, 3.8) is 0 Å². The lowest BCUT2D eigenvalue weighted by atomic mass is 10.0. The number of rotatable bonds is 5. The Morgan fingerprint density at radius 1 is 1.06 bits per heavy atom. The monoisotopic (exact) mass is 452 g/mol. The molecule has 3 aromatic heterocycles. The fourth-order valence-corrected chi connectivity index (χ4v) is 4.38. The number of carbonyl (C=O) groups excluding carboxylic acids is 1. The largest absolute Gasteiger partial charge is 0.361 e. The number of aromatic amines is 1. The van der Waals surface area contributed by atoms with E-state index >= 15 is 0 Å². The van der Waals surface area contributed by atoms with Crippen LogP contribution < -0.4 is 16.2 Å². The standard InChI is InChI=1S/C26H24N6O2/c1-15-8-7-9-17-12-20(32(26(34)21(15)17)18-10-5-4-6-11-18)16(2)31-24-22-19(25(33)27-3)13-28-23(22)29-14-30-24/h4-14,16H,1-3H3,(H,27,33)(H2,28,29,30,31)/t16-/m0/s1. The summed E-state index contributed by atoms with van der Waals surface area (Å²) in [7, 11) is 1.58. The number of aromatic nitrogens is 4. The Kier molecular flexibility index (Phi) is 5.33. The maximum Gasteiger partial charge on any atom is 0.263 e. The molecule has 0 fully saturated rings. The highest BCUT2D eigenvalue weighted by molar-refractivity contribution is 6.09. The summed E-state index contributed by atoms with van der Waals surface area (Å²) in [5, 5.41) is 8.23. The number of fused-ring (bicyclic) bond motifs is 2. The Balaban J connectivity index is 1.69. The quantitative estimate of drug-likeness (QED) is 0.372. The van der Waals surface area contributed by atoms with Gasteiger partial charge in [-0.25, -0.2) is 9.97 Å². The molecule has 0 aliphatic heterocycles. The Hall–Kier alpha value is -4.46. The minimum atomic E-state index is -0.316. The molecule has 0 saturated heterocycles. The summed E-state index contributed by atoms with van der Waals surface area (Å²) < 4.78 is 1.74. The lowest BCUT2D eigenvalue weighted by Gasteiger charge is -2.22. The van der Waals surface area contributed by atoms with Gasteiger partial charge in [-0.2, -0.15) is 0 Å². The van der Waals surface area contributed by atoms with Gasteiger partial charge in [0.05, 0.1) is 22.4 Å². The topological polar surface area (TPSA) is 105 Å². The number of nitrogens with one attached hydrogen (secondary N) is 3. The third kappa shape index (κ3) is 3.49. The number of H-pyrrole nitrogens is 1. The molecule has 0 unspecified atom stereocenters. The van der Waals surface area contributed by atoms with E-state index in [1.54, 1.807) is 17.8 Å². The number of hydrogen-bond donors (Lipinski definition) is 3. The summed E-state index contributed by atoms with van der Waals surface area (Å²) >= 11 is 0. The number of benzene rings is 2. The van der Waals surface area contributed by atoms with Gasteiger partial charge in [-0.05, 0) is 43.0 Å². The molecule has 0 radical (unpaired) electrons. The fraction of sp³-hybridized carbons (Fsp3) is 0.154. The Labute approximate surface area is 195 Å². The molecule has 0 aliphatic rings. The van der Waals surface area contributed by atoms with Crippen LogP contribution in [-0.2, 0) is 0 Å². The van der Waals surface area contributed by atoms with Crippen molar-refractivity contribution in [2.24, 2.45) is 0 Å². The van der Waals surface area contributed by atoms with E-state index in [-0.39, 0.29) is 17.5 Å². The van der Waals surface area contributed by atoms with Crippen molar-refractivity contribution in [3.05, 3.63) is 94.3 Å². The van der Waals surface area contributed by atoms with Crippen molar-refractivity contribution in [3.8, 4) is 5.69 Å². The summed E-state index contributed by atoms with van der Waals surface area (Å²) in [6.07, 6.45) is 3.06. The molecule has 0 saturated carbocycles. The second-order valence-electron chi connectivity index (χ2n) is 8.18. The average Bonchev–Trinajstić information content (AvgIpc) is 3.29. The first-order valence-electron chi connectivity index (χ1n) is 11.0. The van der Waals surface area contributed by atoms with Gasteiger partial charge in [0, 0.05) is 24.6 Å². The van der Waals surface area contributed by atoms with Gasteiger partial charge >= 0.3 is 0 Å². The molecule has 5 aromatic rings. The van der Waals surface area contributed by atoms with E-state index in [0.717, 1.165) is 22.3 Å². The molecule has 8 nitrogen and oxygen atoms in total. The normalized spacial score (nSPS) is 12.1. The zero-order valence-electron chi connectivity index (χ0n) is 19.1. The van der Waals surface area contributed by atoms with Crippen LogP contribution in [0.1, 0.15) is 34.6 Å². The summed E-state index contributed by atoms with van der Waals surface area (Å²) in [4.78, 5) is 37.8. The van der Waals surface area contributed by atoms with Crippen LogP contribution in [0, 0.1) is 6.92 Å². The van der Waals surface area contributed by atoms with E-state index in [9.17, 15) is 9.59 Å². The zero-order valence-corrected chi connectivity index (χ0v) is 19.1. The lowest BCUT2D eigenvalue weighted by molar-refractivity contribution is 0.0964. The van der Waals surface area contributed by atoms with Gasteiger partial charge < -0.3 is 15.6 Å². The molecule has 34 heavy (non-hydrogen) atoms. The maximum absolute atomic E-state index is 13.7. The highest BCUT2D eigenvalue weighted by atomic mass is 16.1. The van der Waals surface area contributed by atoms with Gasteiger partial charge in [-0.3, -0.25) is 14.2 Å². The summed E-state index contributed by atoms with van der Waals surface area (Å²) in [5.74, 6) is 0.271. The number of nitrogens with zero attached hydrogens (tertiary/aromatic N) is 3. The summed E-state index contributed by atoms with van der Waals surface area (Å²) in [6, 6.07) is 17.2. The SMILES string of the molecule is CNC(=O)c1c[nH]c2ncnc(N[C@@H](C)c3cc4cccc(C)c4c(=O)n3-c3ccccc3)c12. The van der Waals surface area contributed by atoms with Gasteiger partial charge in [0.15, 0.2) is 0 Å². The lowest BCUT2D eigenvalue weighted by Crippen LogP contribution is -2.26. The fourth-order valence-electron chi connectivity index (χ4n) is 4.38. The highest BCUT2D eigenvalue weighted by Crippen LogP contribution is 2.29. The van der Waals surface area contributed by atoms with Crippen LogP contribution in [0.2, 0.25) is 0 Å². The molecule has 5 rings (SSSR count). The van der Waals surface area contributed by atoms with Gasteiger partial charge in [0.1, 0.15) is 17.8 Å². The van der Waals surface area contributed by atoms with Crippen LogP contribution in [0.5, 0.6) is 0 Å². The van der Waals surface area contributed by atoms with Crippen molar-refractivity contribution in [1.82, 2.24) is 24.8 Å². The predicted octanol–water partition coefficient (Wildman–Crippen LogP) is 4.10. The second-order valence-corrected chi connectivity index (χ2v) is 8.18. The van der Waals surface area contributed by atoms with Crippen LogP contribution in [0.15, 0.2) is 71.9 Å². The number of para-hydroxylation sites is 1. The van der Waals surface area contributed by atoms with E-state index in [1.807, 2.05) is 68.4 Å². The van der Waals surface area contributed by atoms with E-state index in [1.165, 1.54) is 6.33 Å². The number of aryl methyl sites for hydroxylation is 1. The summed E-state index contributed by atoms with van der Waals surface area (Å²) in [5.41, 5.74) is 3.41. The number of hydrogen-bond acceptors (Lipinski definition) is 5. The first kappa shape index (κ1) is 21.4. The molecule has 0 aliphatic carbocycles. The third-order valence-electron chi connectivity index (χ3n) is 6.04. The Morgan fingerprint density at radius 2 is 1.85 bits per heavy atom. The van der Waals surface area contributed by atoms with Crippen LogP contribution >= 0.6 is 0 Å². The van der Waals surface area contributed by atoms with Crippen molar-refractivity contribution >= 4 is 33.5 Å². The van der Waals surface area contributed by atoms with Gasteiger partial charge in [-0.1, -0.05) is 36.4 Å². The minimum absolute atomic E-state index is 0.0778. The Bertz CT molecular complexity index is 1590. The van der Waals surface area contributed by atoms with Crippen LogP contribution in [0.4, 0.5) is 5.82 Å². The van der Waals surface area contributed by atoms with Gasteiger partial charge in [0.25, 0.3) is 11.5 Å². The zero-order chi connectivity index (χ0) is 23.8. The molecule has 2 aromatic carbocycles. The molecule has 0 bridgehead atoms. The molecule has 1 atom stereocenters. The molecule has 170 valence electrons. The van der Waals surface area contributed by atoms with Crippen LogP contribution in [0.25, 0.3) is 27.5 Å². The van der Waals surface area contributed by atoms with Crippen LogP contribution in [-0.4, -0.2) is 32.5 Å². The first-order chi connectivity index (χ1) is 16.5. The number of pyridine rings is 1. The smallest absolute Gasteiger partial charge is 0.263 e. The average molecular weight is 453 g/mol. The number of carbonyl (C=O) groups is 1. The van der Waals surface area contributed by atoms with Gasteiger partial charge in [-0.15, -0.1) is 0 Å². The van der Waals surface area contributed by atoms with Crippen molar-refractivity contribution in [2.75, 3.05) is 12.4 Å². The van der Waals surface area contributed by atoms with E-state index in [2.05, 4.69) is 25.6 Å². The molecular formula is C26H24N6O2. The molecule has 0 spiro atoms. The van der Waals surface area contributed by atoms with Crippen molar-refractivity contribution < 1.29 is 4.79 Å². The third-order valence-corrected chi connectivity index (χ3v) is 6.04. The summed E-state index contributed by atoms with van der Waals surface area (Å²) in [6.45, 7) is 3.92. The Morgan fingerprint density at radius 3 is 2.62 bits per heavy atom. The van der Waals surface area contributed by atoms with Crippen molar-refractivity contribution in [2.45, 2.75) is 19.9 Å². The van der Waals surface area contributed by atoms with Gasteiger partial charge in [0.2, 0.25) is 0 Å². The minimum Gasteiger partial charge on any atom is -0.361 e. The molecular weight excluding hydrogens is 428 g/mol. The maximum atomic E-state index is 13.7. The molecule has 3 N–H and O–H groups in total. The van der Waals surface area contributed by atoms with E-state index in [4.69, 9.17) is 0 Å². The molecule has 8 heteroatoms. The molecule has 1 amide bonds. The highest BCUT2D eigenvalue weighted by Gasteiger charge is 2.21. The van der Waals surface area contributed by atoms with E-state index in [0.29, 0.717) is 27.8 Å².